The quantitative estimate of drug-likeness (QED) is 0.459. The van der Waals surface area contributed by atoms with E-state index < -0.39 is 17.7 Å². The number of imide groups is 1. The Labute approximate surface area is 241 Å². The van der Waals surface area contributed by atoms with Crippen LogP contribution in [0.15, 0.2) is 42.5 Å². The molecule has 0 spiro atoms. The summed E-state index contributed by atoms with van der Waals surface area (Å²) in [5, 5.41) is 2.91. The predicted octanol–water partition coefficient (Wildman–Crippen LogP) is 4.06. The first-order valence-corrected chi connectivity index (χ1v) is 14.5. The van der Waals surface area contributed by atoms with Crippen LogP contribution in [-0.2, 0) is 4.79 Å². The third-order valence-electron chi connectivity index (χ3n) is 8.79. The Hall–Kier alpha value is -3.79. The number of nitrogens with zero attached hydrogens (tertiary/aromatic N) is 3. The van der Waals surface area contributed by atoms with Gasteiger partial charge >= 0.3 is 6.03 Å². The molecule has 41 heavy (non-hydrogen) atoms. The number of hydrogen-bond acceptors (Lipinski definition) is 7. The van der Waals surface area contributed by atoms with Gasteiger partial charge in [0.2, 0.25) is 12.7 Å². The molecule has 0 bridgehead atoms. The molecule has 2 atom stereocenters. The van der Waals surface area contributed by atoms with Gasteiger partial charge in [-0.05, 0) is 74.2 Å². The number of likely N-dealkylation sites (N-methyl/N-ethyl adjacent to an activating group) is 1. The van der Waals surface area contributed by atoms with Gasteiger partial charge in [-0.3, -0.25) is 9.59 Å². The minimum atomic E-state index is -0.772. The van der Waals surface area contributed by atoms with Gasteiger partial charge in [-0.1, -0.05) is 26.8 Å². The Balaban J connectivity index is 1.20. The molecule has 4 amide bonds. The lowest BCUT2D eigenvalue weighted by atomic mass is 9.72. The van der Waals surface area contributed by atoms with Crippen LogP contribution in [-0.4, -0.2) is 85.3 Å². The van der Waals surface area contributed by atoms with Crippen LogP contribution in [0.5, 0.6) is 17.2 Å². The summed E-state index contributed by atoms with van der Waals surface area (Å²) >= 11 is 0. The van der Waals surface area contributed by atoms with Gasteiger partial charge in [0.1, 0.15) is 11.2 Å². The number of fused-ring (bicyclic) bond motifs is 1. The number of carbonyl (C=O) groups is 3. The maximum Gasteiger partial charge on any atom is 0.327 e. The molecule has 220 valence electrons. The second-order valence-corrected chi connectivity index (χ2v) is 11.2. The smallest absolute Gasteiger partial charge is 0.327 e. The summed E-state index contributed by atoms with van der Waals surface area (Å²) < 4.78 is 17.1. The SMILES string of the molecule is CCC1(CC)C(=O)N(C(=O)NCCC(C)c2ccc3c(c2)OCO3)C1Oc1ccc(C(=O)N2CCN(C)CC2)cc1. The Morgan fingerprint density at radius 3 is 2.39 bits per heavy atom. The van der Waals surface area contributed by atoms with E-state index in [0.29, 0.717) is 50.2 Å². The van der Waals surface area contributed by atoms with Crippen molar-refractivity contribution in [2.45, 2.75) is 52.2 Å². The van der Waals surface area contributed by atoms with Crippen LogP contribution in [0.3, 0.4) is 0 Å². The fraction of sp³-hybridized carbons (Fsp3) is 0.516. The molecular weight excluding hydrogens is 524 g/mol. The Bertz CT molecular complexity index is 1270. The monoisotopic (exact) mass is 564 g/mol. The number of amides is 4. The zero-order chi connectivity index (χ0) is 29.1. The largest absolute Gasteiger partial charge is 0.469 e. The molecule has 0 saturated carbocycles. The summed E-state index contributed by atoms with van der Waals surface area (Å²) in [5.74, 6) is 1.92. The van der Waals surface area contributed by atoms with E-state index >= 15 is 0 Å². The standard InChI is InChI=1S/C31H40N4O6/c1-5-31(6-2)28(37)35(30(38)32-14-13-21(3)23-9-12-25-26(19-23)40-20-39-25)29(31)41-24-10-7-22(8-11-24)27(36)34-17-15-33(4)16-18-34/h7-12,19,21,29H,5-6,13-18,20H2,1-4H3,(H,32,38). The highest BCUT2D eigenvalue weighted by atomic mass is 16.7. The van der Waals surface area contributed by atoms with Crippen LogP contribution in [0.25, 0.3) is 0 Å². The van der Waals surface area contributed by atoms with Gasteiger partial charge < -0.3 is 29.3 Å². The van der Waals surface area contributed by atoms with Crippen molar-refractivity contribution in [3.63, 3.8) is 0 Å². The molecule has 2 fully saturated rings. The van der Waals surface area contributed by atoms with E-state index in [1.807, 2.05) is 36.9 Å². The van der Waals surface area contributed by atoms with Gasteiger partial charge in [-0.25, -0.2) is 9.69 Å². The molecule has 1 N–H and O–H groups in total. The van der Waals surface area contributed by atoms with E-state index in [1.165, 1.54) is 4.90 Å². The van der Waals surface area contributed by atoms with Crippen molar-refractivity contribution in [1.82, 2.24) is 20.0 Å². The lowest BCUT2D eigenvalue weighted by Crippen LogP contribution is -2.73. The fourth-order valence-electron chi connectivity index (χ4n) is 5.76. The molecule has 2 aromatic carbocycles. The highest BCUT2D eigenvalue weighted by molar-refractivity contribution is 6.03. The van der Waals surface area contributed by atoms with Crippen molar-refractivity contribution in [3.05, 3.63) is 53.6 Å². The summed E-state index contributed by atoms with van der Waals surface area (Å²) in [7, 11) is 2.05. The number of urea groups is 1. The lowest BCUT2D eigenvalue weighted by molar-refractivity contribution is -0.190. The molecule has 0 aromatic heterocycles. The second-order valence-electron chi connectivity index (χ2n) is 11.2. The third-order valence-corrected chi connectivity index (χ3v) is 8.79. The second kappa shape index (κ2) is 12.0. The van der Waals surface area contributed by atoms with E-state index in [4.69, 9.17) is 14.2 Å². The fourth-order valence-corrected chi connectivity index (χ4v) is 5.76. The maximum absolute atomic E-state index is 13.3. The lowest BCUT2D eigenvalue weighted by Gasteiger charge is -2.53. The molecule has 0 radical (unpaired) electrons. The average molecular weight is 565 g/mol. The summed E-state index contributed by atoms with van der Waals surface area (Å²) in [6.45, 7) is 9.71. The van der Waals surface area contributed by atoms with Crippen molar-refractivity contribution >= 4 is 17.8 Å². The molecule has 10 heteroatoms. The van der Waals surface area contributed by atoms with Crippen molar-refractivity contribution in [2.75, 3.05) is 46.6 Å². The molecule has 10 nitrogen and oxygen atoms in total. The highest BCUT2D eigenvalue weighted by Crippen LogP contribution is 2.46. The minimum Gasteiger partial charge on any atom is -0.469 e. The number of piperazine rings is 1. The minimum absolute atomic E-state index is 0.00378. The van der Waals surface area contributed by atoms with Crippen LogP contribution in [0.4, 0.5) is 4.79 Å². The zero-order valence-corrected chi connectivity index (χ0v) is 24.4. The third kappa shape index (κ3) is 5.57. The summed E-state index contributed by atoms with van der Waals surface area (Å²) in [6, 6.07) is 12.4. The Morgan fingerprint density at radius 2 is 1.71 bits per heavy atom. The topological polar surface area (TPSA) is 101 Å². The van der Waals surface area contributed by atoms with E-state index in [9.17, 15) is 14.4 Å². The van der Waals surface area contributed by atoms with Crippen LogP contribution in [0.1, 0.15) is 61.9 Å². The van der Waals surface area contributed by atoms with E-state index in [2.05, 4.69) is 24.2 Å². The average Bonchev–Trinajstić information content (AvgIpc) is 3.46. The van der Waals surface area contributed by atoms with Crippen LogP contribution in [0.2, 0.25) is 0 Å². The molecule has 3 aliphatic rings. The number of β-lactam (4-membered cyclic amide) rings is 1. The van der Waals surface area contributed by atoms with E-state index in [0.717, 1.165) is 30.2 Å². The van der Waals surface area contributed by atoms with Crippen molar-refractivity contribution in [1.29, 1.82) is 0 Å². The molecule has 3 heterocycles. The molecular formula is C31H40N4O6. The number of benzene rings is 2. The van der Waals surface area contributed by atoms with Gasteiger partial charge in [0.05, 0.1) is 0 Å². The van der Waals surface area contributed by atoms with Gasteiger partial charge in [-0.15, -0.1) is 0 Å². The van der Waals surface area contributed by atoms with Crippen molar-refractivity contribution < 1.29 is 28.6 Å². The predicted molar refractivity (Wildman–Crippen MR) is 153 cm³/mol. The molecule has 2 unspecified atom stereocenters. The zero-order valence-electron chi connectivity index (χ0n) is 24.4. The highest BCUT2D eigenvalue weighted by Gasteiger charge is 2.62. The number of nitrogens with one attached hydrogen (secondary N) is 1. The van der Waals surface area contributed by atoms with Crippen LogP contribution >= 0.6 is 0 Å². The first-order valence-electron chi connectivity index (χ1n) is 14.5. The van der Waals surface area contributed by atoms with Crippen LogP contribution < -0.4 is 19.5 Å². The molecule has 5 rings (SSSR count). The van der Waals surface area contributed by atoms with E-state index in [-0.39, 0.29) is 24.5 Å². The van der Waals surface area contributed by atoms with E-state index in [1.54, 1.807) is 24.3 Å². The number of ether oxygens (including phenoxy) is 3. The van der Waals surface area contributed by atoms with Gasteiger partial charge in [0, 0.05) is 38.3 Å². The van der Waals surface area contributed by atoms with Crippen LogP contribution in [0, 0.1) is 5.41 Å². The van der Waals surface area contributed by atoms with Gasteiger partial charge in [0.15, 0.2) is 17.7 Å². The number of hydrogen-bond donors (Lipinski definition) is 1. The first-order chi connectivity index (χ1) is 19.8. The molecule has 2 aromatic rings. The van der Waals surface area contributed by atoms with Crippen molar-refractivity contribution in [2.24, 2.45) is 5.41 Å². The first kappa shape index (κ1) is 28.7. The number of carbonyl (C=O) groups excluding carboxylic acids is 3. The normalized spacial score (nSPS) is 20.4. The summed E-state index contributed by atoms with van der Waals surface area (Å²) in [4.78, 5) is 44.6. The molecule has 3 aliphatic heterocycles. The van der Waals surface area contributed by atoms with Crippen molar-refractivity contribution in [3.8, 4) is 17.2 Å². The number of likely N-dealkylation sites (tertiary alicyclic amines) is 1. The maximum atomic E-state index is 13.3. The molecule has 2 saturated heterocycles. The molecule has 0 aliphatic carbocycles. The Morgan fingerprint density at radius 1 is 1.02 bits per heavy atom. The van der Waals surface area contributed by atoms with Gasteiger partial charge in [-0.2, -0.15) is 0 Å². The Kier molecular flexibility index (Phi) is 8.40. The summed E-state index contributed by atoms with van der Waals surface area (Å²) in [6.07, 6.45) is 1.07. The van der Waals surface area contributed by atoms with Gasteiger partial charge in [0.25, 0.3) is 5.91 Å². The summed E-state index contributed by atoms with van der Waals surface area (Å²) in [5.41, 5.74) is 0.913. The number of rotatable bonds is 9.